The summed E-state index contributed by atoms with van der Waals surface area (Å²) >= 11 is 0. The number of nitrogens with zero attached hydrogens (tertiary/aromatic N) is 2. The molecular weight excluding hydrogens is 488 g/mol. The van der Waals surface area contributed by atoms with E-state index in [2.05, 4.69) is 24.3 Å². The normalized spacial score (nSPS) is 22.0. The van der Waals surface area contributed by atoms with Gasteiger partial charge in [-0.05, 0) is 72.6 Å². The van der Waals surface area contributed by atoms with E-state index in [9.17, 15) is 19.5 Å². The van der Waals surface area contributed by atoms with Crippen molar-refractivity contribution < 1.29 is 19.5 Å². The summed E-state index contributed by atoms with van der Waals surface area (Å²) < 4.78 is 0. The van der Waals surface area contributed by atoms with E-state index in [1.54, 1.807) is 18.2 Å². The van der Waals surface area contributed by atoms with E-state index in [-0.39, 0.29) is 29.1 Å². The monoisotopic (exact) mass is 520 g/mol. The summed E-state index contributed by atoms with van der Waals surface area (Å²) in [6.45, 7) is 3.07. The molecule has 3 aromatic rings. The molecule has 1 N–H and O–H groups in total. The van der Waals surface area contributed by atoms with Crippen LogP contribution >= 0.6 is 0 Å². The number of fused-ring (bicyclic) bond motifs is 2. The molecule has 2 heterocycles. The van der Waals surface area contributed by atoms with Crippen molar-refractivity contribution in [1.82, 2.24) is 4.90 Å². The van der Waals surface area contributed by atoms with Gasteiger partial charge in [-0.2, -0.15) is 0 Å². The molecule has 6 heteroatoms. The lowest BCUT2D eigenvalue weighted by molar-refractivity contribution is -0.128. The smallest absolute Gasteiger partial charge is 0.335 e. The summed E-state index contributed by atoms with van der Waals surface area (Å²) in [4.78, 5) is 45.9. The van der Waals surface area contributed by atoms with Gasteiger partial charge in [0.25, 0.3) is 5.91 Å². The lowest BCUT2D eigenvalue weighted by Gasteiger charge is -2.39. The third-order valence-corrected chi connectivity index (χ3v) is 8.68. The molecule has 3 aromatic carbocycles. The number of carboxylic acids is 1. The van der Waals surface area contributed by atoms with Crippen molar-refractivity contribution in [2.45, 2.75) is 50.9 Å². The minimum absolute atomic E-state index is 0.0376. The van der Waals surface area contributed by atoms with Crippen molar-refractivity contribution in [1.29, 1.82) is 0 Å². The van der Waals surface area contributed by atoms with Crippen molar-refractivity contribution >= 4 is 34.1 Å². The molecule has 198 valence electrons. The van der Waals surface area contributed by atoms with Crippen LogP contribution in [0, 0.1) is 5.92 Å². The van der Waals surface area contributed by atoms with Crippen LogP contribution in [0.2, 0.25) is 0 Å². The second-order valence-electron chi connectivity index (χ2n) is 10.9. The Bertz CT molecular complexity index is 1540. The summed E-state index contributed by atoms with van der Waals surface area (Å²) in [5, 5.41) is 11.5. The summed E-state index contributed by atoms with van der Waals surface area (Å²) in [5.41, 5.74) is 4.58. The second kappa shape index (κ2) is 10.3. The fourth-order valence-electron chi connectivity index (χ4n) is 6.77. The molecule has 2 fully saturated rings. The number of benzene rings is 3. The van der Waals surface area contributed by atoms with Gasteiger partial charge in [-0.15, -0.1) is 0 Å². The number of piperidine rings is 1. The Balaban J connectivity index is 1.34. The third-order valence-electron chi connectivity index (χ3n) is 8.68. The van der Waals surface area contributed by atoms with Crippen LogP contribution in [0.5, 0.6) is 0 Å². The maximum atomic E-state index is 14.3. The molecule has 2 unspecified atom stereocenters. The fraction of sp³-hybridized carbons (Fsp3) is 0.333. The molecule has 1 amide bonds. The fourth-order valence-corrected chi connectivity index (χ4v) is 6.77. The first-order valence-corrected chi connectivity index (χ1v) is 13.8. The average molecular weight is 521 g/mol. The Kier molecular flexibility index (Phi) is 6.63. The van der Waals surface area contributed by atoms with E-state index in [4.69, 9.17) is 4.99 Å². The predicted molar refractivity (Wildman–Crippen MR) is 151 cm³/mol. The lowest BCUT2D eigenvalue weighted by atomic mass is 9.68. The highest BCUT2D eigenvalue weighted by molar-refractivity contribution is 6.12. The van der Waals surface area contributed by atoms with Gasteiger partial charge in [0.1, 0.15) is 5.78 Å². The topological polar surface area (TPSA) is 87.0 Å². The highest BCUT2D eigenvalue weighted by atomic mass is 16.4. The number of Topliss-reactive ketones (excluding diaryl/α,β-unsaturated/α-hetero) is 1. The summed E-state index contributed by atoms with van der Waals surface area (Å²) in [5.74, 6) is -1.34. The summed E-state index contributed by atoms with van der Waals surface area (Å²) in [6, 6.07) is 21.5. The molecule has 1 saturated carbocycles. The van der Waals surface area contributed by atoms with Gasteiger partial charge in [-0.1, -0.05) is 54.6 Å². The third kappa shape index (κ3) is 4.58. The van der Waals surface area contributed by atoms with E-state index in [1.165, 1.54) is 0 Å². The zero-order valence-corrected chi connectivity index (χ0v) is 22.1. The summed E-state index contributed by atoms with van der Waals surface area (Å²) in [7, 11) is 0. The van der Waals surface area contributed by atoms with Crippen molar-refractivity contribution in [3.05, 3.63) is 94.7 Å². The zero-order valence-electron chi connectivity index (χ0n) is 22.1. The molecule has 2 aliphatic heterocycles. The Hall–Kier alpha value is -4.06. The Morgan fingerprint density at radius 2 is 1.67 bits per heavy atom. The predicted octanol–water partition coefficient (Wildman–Crippen LogP) is 6.13. The lowest BCUT2D eigenvalue weighted by Crippen LogP contribution is -2.44. The van der Waals surface area contributed by atoms with E-state index in [0.717, 1.165) is 59.0 Å². The first kappa shape index (κ1) is 25.2. The molecule has 3 aliphatic rings. The van der Waals surface area contributed by atoms with Gasteiger partial charge in [0.15, 0.2) is 0 Å². The Labute approximate surface area is 228 Å². The number of rotatable bonds is 4. The van der Waals surface area contributed by atoms with Crippen LogP contribution in [0.1, 0.15) is 72.3 Å². The van der Waals surface area contributed by atoms with Gasteiger partial charge < -0.3 is 10.0 Å². The first-order chi connectivity index (χ1) is 18.9. The highest BCUT2D eigenvalue weighted by Gasteiger charge is 2.44. The average Bonchev–Trinajstić information content (AvgIpc) is 2.96. The van der Waals surface area contributed by atoms with Crippen LogP contribution in [0.3, 0.4) is 0 Å². The number of aromatic carboxylic acids is 1. The number of allylic oxidation sites excluding steroid dienone is 1. The van der Waals surface area contributed by atoms with Gasteiger partial charge in [0, 0.05) is 42.4 Å². The van der Waals surface area contributed by atoms with Gasteiger partial charge in [0.2, 0.25) is 0 Å². The van der Waals surface area contributed by atoms with Gasteiger partial charge >= 0.3 is 5.97 Å². The van der Waals surface area contributed by atoms with Crippen LogP contribution in [-0.2, 0) is 9.59 Å². The van der Waals surface area contributed by atoms with Crippen molar-refractivity contribution in [3.63, 3.8) is 0 Å². The molecule has 2 atom stereocenters. The number of carbonyl (C=O) groups excluding carboxylic acids is 2. The minimum Gasteiger partial charge on any atom is -0.478 e. The molecule has 39 heavy (non-hydrogen) atoms. The second-order valence-corrected chi connectivity index (χ2v) is 10.9. The summed E-state index contributed by atoms with van der Waals surface area (Å²) in [6.07, 6.45) is 3.64. The van der Waals surface area contributed by atoms with Crippen molar-refractivity contribution in [2.24, 2.45) is 10.9 Å². The Morgan fingerprint density at radius 1 is 0.923 bits per heavy atom. The van der Waals surface area contributed by atoms with Crippen LogP contribution in [-0.4, -0.2) is 46.5 Å². The quantitative estimate of drug-likeness (QED) is 0.449. The number of amides is 1. The van der Waals surface area contributed by atoms with E-state index < -0.39 is 11.9 Å². The number of carbonyl (C=O) groups is 3. The van der Waals surface area contributed by atoms with E-state index in [1.807, 2.05) is 36.1 Å². The van der Waals surface area contributed by atoms with Gasteiger partial charge in [-0.25, -0.2) is 4.79 Å². The largest absolute Gasteiger partial charge is 0.478 e. The number of hydrogen-bond acceptors (Lipinski definition) is 4. The van der Waals surface area contributed by atoms with Crippen LogP contribution in [0.15, 0.2) is 83.0 Å². The minimum atomic E-state index is -0.930. The van der Waals surface area contributed by atoms with Crippen molar-refractivity contribution in [2.75, 3.05) is 13.1 Å². The zero-order chi connectivity index (χ0) is 27.1. The molecule has 1 saturated heterocycles. The van der Waals surface area contributed by atoms with Crippen LogP contribution in [0.4, 0.5) is 0 Å². The van der Waals surface area contributed by atoms with E-state index in [0.29, 0.717) is 25.1 Å². The SMILES string of the molecule is CC1=C(C(=O)N2CCC(c3cccc(C(=O)O)c3)CC2)C(c2cccc3ccccc23)C2C(=O)CCCC2=N1. The maximum Gasteiger partial charge on any atom is 0.335 e. The maximum absolute atomic E-state index is 14.3. The number of carboxylic acid groups (broad SMARTS) is 1. The molecule has 0 bridgehead atoms. The van der Waals surface area contributed by atoms with Crippen LogP contribution < -0.4 is 0 Å². The van der Waals surface area contributed by atoms with Crippen molar-refractivity contribution in [3.8, 4) is 0 Å². The molecular formula is C33H32N2O4. The van der Waals surface area contributed by atoms with Gasteiger partial charge in [0.05, 0.1) is 11.5 Å². The van der Waals surface area contributed by atoms with Crippen LogP contribution in [0.25, 0.3) is 10.8 Å². The highest BCUT2D eigenvalue weighted by Crippen LogP contribution is 2.45. The number of hydrogen-bond donors (Lipinski definition) is 1. The standard InChI is InChI=1S/C33H32N2O4/c1-20-29(32(37)35-17-15-21(16-18-35)23-9-4-10-24(19-23)33(38)39)30(31-27(34-20)13-6-14-28(31)36)26-12-5-8-22-7-2-3-11-25(22)26/h2-5,7-12,19,21,30-31H,6,13-18H2,1H3,(H,38,39). The molecule has 6 rings (SSSR count). The molecule has 0 radical (unpaired) electrons. The molecule has 1 aliphatic carbocycles. The number of aliphatic imine (C=N–C) groups is 1. The molecule has 6 nitrogen and oxygen atoms in total. The number of ketones is 1. The Morgan fingerprint density at radius 3 is 2.46 bits per heavy atom. The van der Waals surface area contributed by atoms with E-state index >= 15 is 0 Å². The molecule has 0 spiro atoms. The molecule has 0 aromatic heterocycles. The number of likely N-dealkylation sites (tertiary alicyclic amines) is 1. The first-order valence-electron chi connectivity index (χ1n) is 13.8. The van der Waals surface area contributed by atoms with Gasteiger partial charge in [-0.3, -0.25) is 14.6 Å².